The summed E-state index contributed by atoms with van der Waals surface area (Å²) in [5.74, 6) is 0.608. The second-order valence-electron chi connectivity index (χ2n) is 5.64. The molecule has 3 aromatic carbocycles. The molecule has 0 aromatic heterocycles. The van der Waals surface area contributed by atoms with Crippen molar-refractivity contribution >= 4 is 23.4 Å². The first-order chi connectivity index (χ1) is 12.8. The average Bonchev–Trinajstić information content (AvgIpc) is 2.69. The summed E-state index contributed by atoms with van der Waals surface area (Å²) in [6.45, 7) is 2.48. The van der Waals surface area contributed by atoms with E-state index in [0.29, 0.717) is 18.0 Å². The van der Waals surface area contributed by atoms with Crippen molar-refractivity contribution in [2.75, 3.05) is 11.9 Å². The lowest BCUT2D eigenvalue weighted by atomic mass is 10.1. The van der Waals surface area contributed by atoms with Crippen LogP contribution in [0.1, 0.15) is 17.7 Å². The molecule has 0 spiro atoms. The zero-order valence-electron chi connectivity index (χ0n) is 14.6. The lowest BCUT2D eigenvalue weighted by molar-refractivity contribution is -0.115. The maximum absolute atomic E-state index is 13.1. The van der Waals surface area contributed by atoms with E-state index in [1.165, 1.54) is 11.8 Å². The normalized spacial score (nSPS) is 11.6. The first-order valence-corrected chi connectivity index (χ1v) is 9.45. The maximum atomic E-state index is 13.1. The van der Waals surface area contributed by atoms with Crippen molar-refractivity contribution in [3.63, 3.8) is 0 Å². The van der Waals surface area contributed by atoms with Crippen LogP contribution in [0.4, 0.5) is 5.69 Å². The molecule has 0 aliphatic carbocycles. The Labute approximate surface area is 158 Å². The van der Waals surface area contributed by atoms with Gasteiger partial charge in [0.1, 0.15) is 11.0 Å². The van der Waals surface area contributed by atoms with E-state index in [2.05, 4.69) is 5.32 Å². The van der Waals surface area contributed by atoms with Gasteiger partial charge < -0.3 is 10.1 Å². The fourth-order valence-corrected chi connectivity index (χ4v) is 3.63. The number of thioether (sulfide) groups is 1. The van der Waals surface area contributed by atoms with E-state index >= 15 is 0 Å². The van der Waals surface area contributed by atoms with Gasteiger partial charge in [-0.15, -0.1) is 11.8 Å². The van der Waals surface area contributed by atoms with Crippen LogP contribution in [0.5, 0.6) is 5.75 Å². The van der Waals surface area contributed by atoms with Gasteiger partial charge in [0.2, 0.25) is 5.91 Å². The number of nitrogens with one attached hydrogen (secondary N) is 1. The topological polar surface area (TPSA) is 38.3 Å². The summed E-state index contributed by atoms with van der Waals surface area (Å²) in [6.07, 6.45) is 0. The van der Waals surface area contributed by atoms with Gasteiger partial charge >= 0.3 is 0 Å². The zero-order valence-corrected chi connectivity index (χ0v) is 15.4. The van der Waals surface area contributed by atoms with Crippen LogP contribution in [0.15, 0.2) is 89.8 Å². The second kappa shape index (κ2) is 9.11. The van der Waals surface area contributed by atoms with Crippen molar-refractivity contribution < 1.29 is 9.53 Å². The van der Waals surface area contributed by atoms with E-state index in [1.807, 2.05) is 91.9 Å². The molecule has 0 saturated heterocycles. The number of amides is 1. The van der Waals surface area contributed by atoms with Crippen LogP contribution in [0.25, 0.3) is 0 Å². The summed E-state index contributed by atoms with van der Waals surface area (Å²) in [5.41, 5.74) is 1.65. The van der Waals surface area contributed by atoms with E-state index in [-0.39, 0.29) is 11.2 Å². The lowest BCUT2D eigenvalue weighted by Gasteiger charge is -2.18. The monoisotopic (exact) mass is 363 g/mol. The van der Waals surface area contributed by atoms with Crippen LogP contribution < -0.4 is 10.1 Å². The fourth-order valence-electron chi connectivity index (χ4n) is 2.59. The molecule has 0 aliphatic rings. The number of hydrogen-bond donors (Lipinski definition) is 1. The number of rotatable bonds is 7. The molecule has 1 atom stereocenters. The highest BCUT2D eigenvalue weighted by Crippen LogP contribution is 2.37. The molecule has 0 heterocycles. The highest BCUT2D eigenvalue weighted by Gasteiger charge is 2.23. The van der Waals surface area contributed by atoms with Crippen molar-refractivity contribution in [2.45, 2.75) is 17.1 Å². The van der Waals surface area contributed by atoms with Crippen molar-refractivity contribution in [2.24, 2.45) is 0 Å². The molecular weight excluding hydrogens is 342 g/mol. The average molecular weight is 363 g/mol. The summed E-state index contributed by atoms with van der Waals surface area (Å²) < 4.78 is 5.62. The molecule has 1 N–H and O–H groups in total. The van der Waals surface area contributed by atoms with Gasteiger partial charge in [-0.2, -0.15) is 0 Å². The van der Waals surface area contributed by atoms with Crippen LogP contribution in [0.2, 0.25) is 0 Å². The van der Waals surface area contributed by atoms with Crippen LogP contribution in [-0.2, 0) is 4.79 Å². The van der Waals surface area contributed by atoms with Crippen LogP contribution in [-0.4, -0.2) is 12.5 Å². The maximum Gasteiger partial charge on any atom is 0.242 e. The van der Waals surface area contributed by atoms with E-state index in [0.717, 1.165) is 10.5 Å². The van der Waals surface area contributed by atoms with E-state index in [4.69, 9.17) is 4.74 Å². The lowest BCUT2D eigenvalue weighted by Crippen LogP contribution is -2.19. The summed E-state index contributed by atoms with van der Waals surface area (Å²) in [7, 11) is 0. The number of anilines is 1. The molecule has 3 aromatic rings. The summed E-state index contributed by atoms with van der Waals surface area (Å²) in [5, 5.41) is 2.68. The number of carbonyl (C=O) groups is 1. The summed E-state index contributed by atoms with van der Waals surface area (Å²) in [4.78, 5) is 14.1. The molecule has 4 heteroatoms. The Balaban J connectivity index is 1.86. The van der Waals surface area contributed by atoms with Crippen molar-refractivity contribution in [1.82, 2.24) is 0 Å². The van der Waals surface area contributed by atoms with Gasteiger partial charge in [0, 0.05) is 4.90 Å². The largest absolute Gasteiger partial charge is 0.492 e. The van der Waals surface area contributed by atoms with Gasteiger partial charge in [-0.1, -0.05) is 60.7 Å². The molecule has 0 unspecified atom stereocenters. The molecule has 132 valence electrons. The predicted octanol–water partition coefficient (Wildman–Crippen LogP) is 5.56. The molecule has 3 nitrogen and oxygen atoms in total. The predicted molar refractivity (Wildman–Crippen MR) is 108 cm³/mol. The van der Waals surface area contributed by atoms with E-state index < -0.39 is 0 Å². The van der Waals surface area contributed by atoms with Crippen molar-refractivity contribution in [3.05, 3.63) is 90.5 Å². The molecule has 0 aliphatic heterocycles. The van der Waals surface area contributed by atoms with E-state index in [9.17, 15) is 4.79 Å². The Hall–Kier alpha value is -2.72. The van der Waals surface area contributed by atoms with Gasteiger partial charge in [-0.05, 0) is 36.8 Å². The van der Waals surface area contributed by atoms with Crippen LogP contribution >= 0.6 is 11.8 Å². The molecule has 3 rings (SSSR count). The number of benzene rings is 3. The first kappa shape index (κ1) is 18.1. The molecular formula is C22H21NO2S. The van der Waals surface area contributed by atoms with E-state index in [1.54, 1.807) is 0 Å². The van der Waals surface area contributed by atoms with Gasteiger partial charge in [-0.3, -0.25) is 4.79 Å². The Bertz CT molecular complexity index is 837. The fraction of sp³-hybridized carbons (Fsp3) is 0.136. The smallest absolute Gasteiger partial charge is 0.242 e. The molecule has 1 amide bonds. The Morgan fingerprint density at radius 1 is 0.923 bits per heavy atom. The Morgan fingerprint density at radius 3 is 2.23 bits per heavy atom. The van der Waals surface area contributed by atoms with Gasteiger partial charge in [-0.25, -0.2) is 0 Å². The van der Waals surface area contributed by atoms with Crippen LogP contribution in [0.3, 0.4) is 0 Å². The minimum Gasteiger partial charge on any atom is -0.492 e. The third-order valence-corrected chi connectivity index (χ3v) is 5.05. The first-order valence-electron chi connectivity index (χ1n) is 8.57. The van der Waals surface area contributed by atoms with Gasteiger partial charge in [0.05, 0.1) is 12.3 Å². The van der Waals surface area contributed by atoms with Crippen LogP contribution in [0, 0.1) is 0 Å². The molecule has 26 heavy (non-hydrogen) atoms. The SMILES string of the molecule is CCOc1ccccc1NC(=O)[C@@H](Sc1ccccc1)c1ccccc1. The molecule has 0 saturated carbocycles. The quantitative estimate of drug-likeness (QED) is 0.559. The van der Waals surface area contributed by atoms with Crippen molar-refractivity contribution in [1.29, 1.82) is 0 Å². The highest BCUT2D eigenvalue weighted by atomic mass is 32.2. The number of carbonyl (C=O) groups excluding carboxylic acids is 1. The van der Waals surface area contributed by atoms with Crippen molar-refractivity contribution in [3.8, 4) is 5.75 Å². The second-order valence-corrected chi connectivity index (χ2v) is 6.82. The summed E-state index contributed by atoms with van der Waals surface area (Å²) in [6, 6.07) is 27.3. The van der Waals surface area contributed by atoms with Gasteiger partial charge in [0.25, 0.3) is 0 Å². The standard InChI is InChI=1S/C22H21NO2S/c1-2-25-20-16-10-9-15-19(20)23-22(24)21(17-11-5-3-6-12-17)26-18-13-7-4-8-14-18/h3-16,21H,2H2,1H3,(H,23,24)/t21-/m0/s1. The Kier molecular flexibility index (Phi) is 6.34. The Morgan fingerprint density at radius 2 is 1.54 bits per heavy atom. The third kappa shape index (κ3) is 4.67. The number of hydrogen-bond acceptors (Lipinski definition) is 3. The van der Waals surface area contributed by atoms with Gasteiger partial charge in [0.15, 0.2) is 0 Å². The molecule has 0 fully saturated rings. The number of para-hydroxylation sites is 2. The molecule has 0 radical (unpaired) electrons. The minimum absolute atomic E-state index is 0.0720. The minimum atomic E-state index is -0.353. The number of ether oxygens (including phenoxy) is 1. The summed E-state index contributed by atoms with van der Waals surface area (Å²) >= 11 is 1.54. The third-order valence-electron chi connectivity index (χ3n) is 3.78. The zero-order chi connectivity index (χ0) is 18.2. The highest BCUT2D eigenvalue weighted by molar-refractivity contribution is 8.00. The molecule has 0 bridgehead atoms.